The topological polar surface area (TPSA) is 64.7 Å². The van der Waals surface area contributed by atoms with Crippen molar-refractivity contribution in [1.29, 1.82) is 0 Å². The molecule has 0 atom stereocenters. The molecule has 1 fully saturated rings. The molecule has 0 aliphatic carbocycles. The van der Waals surface area contributed by atoms with Crippen molar-refractivity contribution in [3.63, 3.8) is 0 Å². The van der Waals surface area contributed by atoms with Crippen molar-refractivity contribution >= 4 is 34.8 Å². The van der Waals surface area contributed by atoms with E-state index < -0.39 is 0 Å². The molecule has 1 aliphatic heterocycles. The van der Waals surface area contributed by atoms with Crippen LogP contribution < -0.4 is 10.6 Å². The number of nitrogens with zero attached hydrogens (tertiary/aromatic N) is 2. The van der Waals surface area contributed by atoms with Crippen molar-refractivity contribution in [1.82, 2.24) is 15.1 Å². The summed E-state index contributed by atoms with van der Waals surface area (Å²) in [5, 5.41) is 5.92. The third-order valence-electron chi connectivity index (χ3n) is 5.02. The first-order chi connectivity index (χ1) is 13.9. The second-order valence-corrected chi connectivity index (χ2v) is 7.69. The molecule has 0 aromatic heterocycles. The Morgan fingerprint density at radius 2 is 1.76 bits per heavy atom. The molecule has 0 spiro atoms. The van der Waals surface area contributed by atoms with Crippen LogP contribution in [0.5, 0.6) is 0 Å². The summed E-state index contributed by atoms with van der Waals surface area (Å²) < 4.78 is 0. The monoisotopic (exact) mass is 410 g/mol. The molecule has 1 saturated heterocycles. The lowest BCUT2D eigenvalue weighted by molar-refractivity contribution is -0.119. The highest BCUT2D eigenvalue weighted by molar-refractivity contribution is 7.80. The van der Waals surface area contributed by atoms with Gasteiger partial charge in [0.1, 0.15) is 0 Å². The van der Waals surface area contributed by atoms with E-state index in [9.17, 15) is 9.59 Å². The fraction of sp³-hybridized carbons (Fsp3) is 0.318. The highest BCUT2D eigenvalue weighted by atomic mass is 32.1. The first-order valence-corrected chi connectivity index (χ1v) is 10.1. The van der Waals surface area contributed by atoms with Gasteiger partial charge >= 0.3 is 0 Å². The predicted molar refractivity (Wildman–Crippen MR) is 119 cm³/mol. The molecule has 0 radical (unpaired) electrons. The van der Waals surface area contributed by atoms with Gasteiger partial charge in [0.15, 0.2) is 5.11 Å². The van der Waals surface area contributed by atoms with Gasteiger partial charge in [-0.15, -0.1) is 0 Å². The first-order valence-electron chi connectivity index (χ1n) is 9.65. The zero-order valence-electron chi connectivity index (χ0n) is 16.8. The zero-order chi connectivity index (χ0) is 20.8. The van der Waals surface area contributed by atoms with Crippen LogP contribution in [0, 0.1) is 6.92 Å². The predicted octanol–water partition coefficient (Wildman–Crippen LogP) is 2.44. The van der Waals surface area contributed by atoms with E-state index >= 15 is 0 Å². The lowest BCUT2D eigenvalue weighted by Gasteiger charge is -2.32. The van der Waals surface area contributed by atoms with Gasteiger partial charge < -0.3 is 20.4 Å². The second-order valence-electron chi connectivity index (χ2n) is 7.28. The second kappa shape index (κ2) is 9.62. The maximum atomic E-state index is 12.7. The van der Waals surface area contributed by atoms with E-state index in [1.165, 1.54) is 0 Å². The minimum Gasteiger partial charge on any atom is -0.336 e. The number of aryl methyl sites for hydroxylation is 1. The number of rotatable bonds is 4. The van der Waals surface area contributed by atoms with Crippen LogP contribution in [-0.2, 0) is 11.2 Å². The summed E-state index contributed by atoms with van der Waals surface area (Å²) in [7, 11) is 2.06. The van der Waals surface area contributed by atoms with Crippen molar-refractivity contribution in [2.24, 2.45) is 0 Å². The highest BCUT2D eigenvalue weighted by Crippen LogP contribution is 2.14. The third kappa shape index (κ3) is 5.85. The van der Waals surface area contributed by atoms with Gasteiger partial charge in [0.25, 0.3) is 5.91 Å². The molecule has 1 heterocycles. The number of benzene rings is 2. The van der Waals surface area contributed by atoms with E-state index in [4.69, 9.17) is 12.2 Å². The van der Waals surface area contributed by atoms with Gasteiger partial charge in [0, 0.05) is 37.4 Å². The van der Waals surface area contributed by atoms with Crippen LogP contribution >= 0.6 is 12.2 Å². The minimum atomic E-state index is -0.179. The number of carbonyl (C=O) groups excluding carboxylic acids is 2. The molecule has 152 valence electrons. The van der Waals surface area contributed by atoms with Crippen molar-refractivity contribution in [3.05, 3.63) is 65.2 Å². The van der Waals surface area contributed by atoms with Crippen LogP contribution in [0.25, 0.3) is 0 Å². The SMILES string of the molecule is Cc1ccccc1CC(=O)NC(=S)Nc1cccc(C(=O)N2CCN(C)CC2)c1. The summed E-state index contributed by atoms with van der Waals surface area (Å²) in [5.41, 5.74) is 3.31. The van der Waals surface area contributed by atoms with Gasteiger partial charge in [-0.05, 0) is 55.5 Å². The summed E-state index contributed by atoms with van der Waals surface area (Å²) in [5.74, 6) is -0.169. The van der Waals surface area contributed by atoms with Gasteiger partial charge in [0.2, 0.25) is 5.91 Å². The number of likely N-dealkylation sites (N-methyl/N-ethyl adjacent to an activating group) is 1. The molecule has 0 unspecified atom stereocenters. The number of nitrogens with one attached hydrogen (secondary N) is 2. The Kier molecular flexibility index (Phi) is 6.95. The smallest absolute Gasteiger partial charge is 0.254 e. The summed E-state index contributed by atoms with van der Waals surface area (Å²) >= 11 is 5.26. The molecular formula is C22H26N4O2S. The quantitative estimate of drug-likeness (QED) is 0.758. The molecule has 2 aromatic rings. The molecule has 29 heavy (non-hydrogen) atoms. The number of thiocarbonyl (C=S) groups is 1. The summed E-state index contributed by atoms with van der Waals surface area (Å²) in [6.07, 6.45) is 0.260. The Labute approximate surface area is 176 Å². The number of hydrogen-bond donors (Lipinski definition) is 2. The van der Waals surface area contributed by atoms with E-state index in [-0.39, 0.29) is 23.3 Å². The van der Waals surface area contributed by atoms with Crippen molar-refractivity contribution in [3.8, 4) is 0 Å². The van der Waals surface area contributed by atoms with Crippen molar-refractivity contribution < 1.29 is 9.59 Å². The molecule has 1 aliphatic rings. The van der Waals surface area contributed by atoms with Crippen LogP contribution in [0.1, 0.15) is 21.5 Å². The number of amides is 2. The Morgan fingerprint density at radius 3 is 2.48 bits per heavy atom. The number of anilines is 1. The van der Waals surface area contributed by atoms with Gasteiger partial charge in [-0.1, -0.05) is 30.3 Å². The minimum absolute atomic E-state index is 0.0104. The standard InChI is InChI=1S/C22H26N4O2S/c1-16-6-3-4-7-17(16)15-20(27)24-22(29)23-19-9-5-8-18(14-19)21(28)26-12-10-25(2)11-13-26/h3-9,14H,10-13,15H2,1-2H3,(H2,23,24,27,29). The van der Waals surface area contributed by atoms with E-state index in [0.29, 0.717) is 11.3 Å². The van der Waals surface area contributed by atoms with Crippen molar-refractivity contribution in [2.75, 3.05) is 38.5 Å². The molecule has 3 rings (SSSR count). The normalized spacial score (nSPS) is 14.3. The lowest BCUT2D eigenvalue weighted by atomic mass is 10.1. The summed E-state index contributed by atoms with van der Waals surface area (Å²) in [6, 6.07) is 14.9. The average Bonchev–Trinajstić information content (AvgIpc) is 2.70. The van der Waals surface area contributed by atoms with E-state index in [2.05, 4.69) is 22.6 Å². The third-order valence-corrected chi connectivity index (χ3v) is 5.23. The Bertz CT molecular complexity index is 907. The Morgan fingerprint density at radius 1 is 1.03 bits per heavy atom. The fourth-order valence-electron chi connectivity index (χ4n) is 3.24. The van der Waals surface area contributed by atoms with Gasteiger partial charge in [0.05, 0.1) is 6.42 Å². The lowest BCUT2D eigenvalue weighted by Crippen LogP contribution is -2.47. The summed E-state index contributed by atoms with van der Waals surface area (Å²) in [6.45, 7) is 5.17. The average molecular weight is 411 g/mol. The maximum Gasteiger partial charge on any atom is 0.254 e. The first kappa shape index (κ1) is 21.0. The van der Waals surface area contributed by atoms with Crippen LogP contribution in [0.4, 0.5) is 5.69 Å². The number of carbonyl (C=O) groups is 2. The molecular weight excluding hydrogens is 384 g/mol. The van der Waals surface area contributed by atoms with E-state index in [1.54, 1.807) is 12.1 Å². The van der Waals surface area contributed by atoms with Gasteiger partial charge in [-0.25, -0.2) is 0 Å². The molecule has 2 N–H and O–H groups in total. The fourth-order valence-corrected chi connectivity index (χ4v) is 3.47. The van der Waals surface area contributed by atoms with Gasteiger partial charge in [-0.3, -0.25) is 9.59 Å². The molecule has 2 aromatic carbocycles. The number of piperazine rings is 1. The number of hydrogen-bond acceptors (Lipinski definition) is 4. The van der Waals surface area contributed by atoms with Crippen LogP contribution in [0.15, 0.2) is 48.5 Å². The molecule has 0 saturated carbocycles. The van der Waals surface area contributed by atoms with Gasteiger partial charge in [-0.2, -0.15) is 0 Å². The molecule has 6 nitrogen and oxygen atoms in total. The maximum absolute atomic E-state index is 12.7. The van der Waals surface area contributed by atoms with E-state index in [0.717, 1.165) is 37.3 Å². The highest BCUT2D eigenvalue weighted by Gasteiger charge is 2.20. The van der Waals surface area contributed by atoms with Crippen LogP contribution in [0.3, 0.4) is 0 Å². The van der Waals surface area contributed by atoms with Crippen LogP contribution in [-0.4, -0.2) is 60.0 Å². The Balaban J connectivity index is 1.56. The van der Waals surface area contributed by atoms with Crippen LogP contribution in [0.2, 0.25) is 0 Å². The Hall–Kier alpha value is -2.77. The zero-order valence-corrected chi connectivity index (χ0v) is 17.6. The van der Waals surface area contributed by atoms with E-state index in [1.807, 2.05) is 48.2 Å². The largest absolute Gasteiger partial charge is 0.336 e. The molecule has 7 heteroatoms. The summed E-state index contributed by atoms with van der Waals surface area (Å²) in [4.78, 5) is 29.1. The molecule has 0 bridgehead atoms. The van der Waals surface area contributed by atoms with Crippen molar-refractivity contribution in [2.45, 2.75) is 13.3 Å². The molecule has 2 amide bonds.